The molecule has 5 nitrogen and oxygen atoms in total. The third-order valence-corrected chi connectivity index (χ3v) is 3.53. The van der Waals surface area contributed by atoms with Crippen LogP contribution in [0.2, 0.25) is 0 Å². The molecule has 0 spiro atoms. The lowest BCUT2D eigenvalue weighted by molar-refractivity contribution is -0.0421. The number of amides is 1. The van der Waals surface area contributed by atoms with Crippen LogP contribution in [0.5, 0.6) is 0 Å². The van der Waals surface area contributed by atoms with Crippen LogP contribution in [0, 0.1) is 0 Å². The predicted octanol–water partition coefficient (Wildman–Crippen LogP) is 2.32. The first-order valence-electron chi connectivity index (χ1n) is 6.41. The van der Waals surface area contributed by atoms with Crippen molar-refractivity contribution in [1.29, 1.82) is 0 Å². The van der Waals surface area contributed by atoms with E-state index >= 15 is 0 Å². The average molecular weight is 264 g/mol. The highest BCUT2D eigenvalue weighted by Crippen LogP contribution is 2.29. The van der Waals surface area contributed by atoms with Gasteiger partial charge in [0.05, 0.1) is 12.6 Å². The van der Waals surface area contributed by atoms with Crippen molar-refractivity contribution in [3.8, 4) is 0 Å². The summed E-state index contributed by atoms with van der Waals surface area (Å²) >= 11 is 0. The van der Waals surface area contributed by atoms with Gasteiger partial charge in [-0.25, -0.2) is 4.79 Å². The lowest BCUT2D eigenvalue weighted by Gasteiger charge is -2.30. The maximum absolute atomic E-state index is 11.3. The molecule has 1 amide bonds. The number of hydrogen-bond donors (Lipinski definition) is 2. The van der Waals surface area contributed by atoms with Crippen molar-refractivity contribution in [2.75, 3.05) is 12.3 Å². The molecule has 1 aliphatic heterocycles. The molecule has 0 aliphatic carbocycles. The van der Waals surface area contributed by atoms with E-state index in [0.717, 1.165) is 24.1 Å². The van der Waals surface area contributed by atoms with Crippen LogP contribution >= 0.6 is 0 Å². The summed E-state index contributed by atoms with van der Waals surface area (Å²) in [5.74, 6) is 0. The number of carbonyl (C=O) groups is 1. The smallest absolute Gasteiger partial charge is 0.409 e. The SMILES string of the molecule is CC1(C)OC[C@H](CCc2ccc(N)cc2)N1C(=O)O. The zero-order valence-electron chi connectivity index (χ0n) is 11.3. The van der Waals surface area contributed by atoms with Crippen LogP contribution in [0.15, 0.2) is 24.3 Å². The molecule has 1 saturated heterocycles. The molecule has 1 atom stereocenters. The Morgan fingerprint density at radius 3 is 2.68 bits per heavy atom. The summed E-state index contributed by atoms with van der Waals surface area (Å²) in [7, 11) is 0. The summed E-state index contributed by atoms with van der Waals surface area (Å²) in [5, 5.41) is 9.28. The molecular weight excluding hydrogens is 244 g/mol. The average Bonchev–Trinajstić information content (AvgIpc) is 2.64. The topological polar surface area (TPSA) is 75.8 Å². The second-order valence-corrected chi connectivity index (χ2v) is 5.34. The van der Waals surface area contributed by atoms with E-state index in [-0.39, 0.29) is 6.04 Å². The van der Waals surface area contributed by atoms with E-state index in [2.05, 4.69) is 0 Å². The Kier molecular flexibility index (Phi) is 3.66. The summed E-state index contributed by atoms with van der Waals surface area (Å²) in [6.45, 7) is 4.02. The number of carboxylic acid groups (broad SMARTS) is 1. The maximum atomic E-state index is 11.3. The molecule has 5 heteroatoms. The quantitative estimate of drug-likeness (QED) is 0.821. The van der Waals surface area contributed by atoms with Gasteiger partial charge in [-0.15, -0.1) is 0 Å². The first kappa shape index (κ1) is 13.7. The number of aryl methyl sites for hydroxylation is 1. The molecular formula is C14H20N2O3. The molecule has 1 heterocycles. The Hall–Kier alpha value is -1.75. The second-order valence-electron chi connectivity index (χ2n) is 5.34. The van der Waals surface area contributed by atoms with Crippen LogP contribution in [0.25, 0.3) is 0 Å². The summed E-state index contributed by atoms with van der Waals surface area (Å²) in [6.07, 6.45) is 0.637. The third kappa shape index (κ3) is 2.98. The largest absolute Gasteiger partial charge is 0.465 e. The highest BCUT2D eigenvalue weighted by atomic mass is 16.5. The van der Waals surface area contributed by atoms with Crippen LogP contribution < -0.4 is 5.73 Å². The molecule has 1 aromatic carbocycles. The molecule has 1 fully saturated rings. The van der Waals surface area contributed by atoms with E-state index in [1.165, 1.54) is 4.90 Å². The van der Waals surface area contributed by atoms with E-state index in [9.17, 15) is 9.90 Å². The highest BCUT2D eigenvalue weighted by Gasteiger charge is 2.43. The van der Waals surface area contributed by atoms with Gasteiger partial charge in [0, 0.05) is 5.69 Å². The molecule has 1 aliphatic rings. The van der Waals surface area contributed by atoms with Gasteiger partial charge in [-0.3, -0.25) is 4.90 Å². The van der Waals surface area contributed by atoms with Crippen molar-refractivity contribution in [3.05, 3.63) is 29.8 Å². The zero-order chi connectivity index (χ0) is 14.0. The van der Waals surface area contributed by atoms with E-state index in [0.29, 0.717) is 6.61 Å². The molecule has 104 valence electrons. The molecule has 19 heavy (non-hydrogen) atoms. The third-order valence-electron chi connectivity index (χ3n) is 3.53. The number of ether oxygens (including phenoxy) is 1. The fourth-order valence-electron chi connectivity index (χ4n) is 2.50. The van der Waals surface area contributed by atoms with Crippen molar-refractivity contribution in [3.63, 3.8) is 0 Å². The number of benzene rings is 1. The Balaban J connectivity index is 1.99. The fourth-order valence-corrected chi connectivity index (χ4v) is 2.50. The fraction of sp³-hybridized carbons (Fsp3) is 0.500. The van der Waals surface area contributed by atoms with Gasteiger partial charge in [0.2, 0.25) is 0 Å². The lowest BCUT2D eigenvalue weighted by Crippen LogP contribution is -2.47. The van der Waals surface area contributed by atoms with Crippen LogP contribution in [0.4, 0.5) is 10.5 Å². The van der Waals surface area contributed by atoms with Gasteiger partial charge in [0.25, 0.3) is 0 Å². The van der Waals surface area contributed by atoms with Crippen molar-refractivity contribution < 1.29 is 14.6 Å². The van der Waals surface area contributed by atoms with Gasteiger partial charge >= 0.3 is 6.09 Å². The number of rotatable bonds is 3. The van der Waals surface area contributed by atoms with E-state index in [1.807, 2.05) is 24.3 Å². The van der Waals surface area contributed by atoms with Gasteiger partial charge in [-0.1, -0.05) is 12.1 Å². The van der Waals surface area contributed by atoms with Crippen molar-refractivity contribution in [1.82, 2.24) is 4.90 Å². The zero-order valence-corrected chi connectivity index (χ0v) is 11.3. The standard InChI is InChI=1S/C14H20N2O3/c1-14(2)16(13(17)18)12(9-19-14)8-5-10-3-6-11(15)7-4-10/h3-4,6-7,12H,5,8-9,15H2,1-2H3,(H,17,18)/t12-/m0/s1. The molecule has 0 unspecified atom stereocenters. The second kappa shape index (κ2) is 5.09. The minimum Gasteiger partial charge on any atom is -0.465 e. The Bertz CT molecular complexity index is 456. The Morgan fingerprint density at radius 1 is 1.47 bits per heavy atom. The summed E-state index contributed by atoms with van der Waals surface area (Å²) in [6, 6.07) is 7.58. The number of nitrogens with zero attached hydrogens (tertiary/aromatic N) is 1. The molecule has 1 aromatic rings. The first-order valence-corrected chi connectivity index (χ1v) is 6.41. The number of anilines is 1. The van der Waals surface area contributed by atoms with E-state index in [1.54, 1.807) is 13.8 Å². The Labute approximate surface area is 113 Å². The minimum atomic E-state index is -0.926. The van der Waals surface area contributed by atoms with Crippen LogP contribution in [0.1, 0.15) is 25.8 Å². The molecule has 2 rings (SSSR count). The molecule has 3 N–H and O–H groups in total. The van der Waals surface area contributed by atoms with Gasteiger partial charge in [0.15, 0.2) is 0 Å². The van der Waals surface area contributed by atoms with Crippen LogP contribution in [-0.2, 0) is 11.2 Å². The van der Waals surface area contributed by atoms with Gasteiger partial charge in [-0.2, -0.15) is 0 Å². The minimum absolute atomic E-state index is 0.0925. The number of nitrogen functional groups attached to an aromatic ring is 1. The first-order chi connectivity index (χ1) is 8.90. The molecule has 0 aromatic heterocycles. The maximum Gasteiger partial charge on any atom is 0.409 e. The number of hydrogen-bond acceptors (Lipinski definition) is 3. The molecule has 0 bridgehead atoms. The lowest BCUT2D eigenvalue weighted by atomic mass is 10.0. The van der Waals surface area contributed by atoms with Crippen LogP contribution in [-0.4, -0.2) is 34.5 Å². The van der Waals surface area contributed by atoms with Gasteiger partial charge < -0.3 is 15.6 Å². The van der Waals surface area contributed by atoms with E-state index < -0.39 is 11.8 Å². The van der Waals surface area contributed by atoms with Crippen molar-refractivity contribution >= 4 is 11.8 Å². The summed E-state index contributed by atoms with van der Waals surface area (Å²) < 4.78 is 5.56. The molecule has 0 radical (unpaired) electrons. The van der Waals surface area contributed by atoms with Crippen LogP contribution in [0.3, 0.4) is 0 Å². The normalized spacial score (nSPS) is 21.6. The van der Waals surface area contributed by atoms with E-state index in [4.69, 9.17) is 10.5 Å². The number of nitrogens with two attached hydrogens (primary N) is 1. The van der Waals surface area contributed by atoms with Crippen molar-refractivity contribution in [2.24, 2.45) is 0 Å². The predicted molar refractivity (Wildman–Crippen MR) is 72.9 cm³/mol. The highest BCUT2D eigenvalue weighted by molar-refractivity contribution is 5.66. The molecule has 0 saturated carbocycles. The summed E-state index contributed by atoms with van der Waals surface area (Å²) in [5.41, 5.74) is 6.79. The van der Waals surface area contributed by atoms with Crippen molar-refractivity contribution in [2.45, 2.75) is 38.5 Å². The van der Waals surface area contributed by atoms with Gasteiger partial charge in [-0.05, 0) is 44.4 Å². The monoisotopic (exact) mass is 264 g/mol. The van der Waals surface area contributed by atoms with Gasteiger partial charge in [0.1, 0.15) is 5.72 Å². The Morgan fingerprint density at radius 2 is 2.11 bits per heavy atom. The summed E-state index contributed by atoms with van der Waals surface area (Å²) in [4.78, 5) is 12.7.